The summed E-state index contributed by atoms with van der Waals surface area (Å²) in [6, 6.07) is 5.50. The van der Waals surface area contributed by atoms with Gasteiger partial charge in [0.25, 0.3) is 0 Å². The van der Waals surface area contributed by atoms with Gasteiger partial charge in [-0.2, -0.15) is 0 Å². The number of hydrogen-bond acceptors (Lipinski definition) is 2. The zero-order valence-corrected chi connectivity index (χ0v) is 15.9. The molecule has 1 aromatic rings. The lowest BCUT2D eigenvalue weighted by molar-refractivity contribution is 0.0526. The van der Waals surface area contributed by atoms with Crippen molar-refractivity contribution >= 4 is 5.96 Å². The van der Waals surface area contributed by atoms with Gasteiger partial charge in [0.1, 0.15) is 11.6 Å². The molecule has 2 aliphatic rings. The number of nitrogens with one attached hydrogen (secondary N) is 2. The first-order valence-corrected chi connectivity index (χ1v) is 9.62. The van der Waals surface area contributed by atoms with E-state index in [9.17, 15) is 8.78 Å². The highest BCUT2D eigenvalue weighted by Crippen LogP contribution is 2.32. The van der Waals surface area contributed by atoms with Crippen molar-refractivity contribution in [1.82, 2.24) is 15.5 Å². The molecule has 0 spiro atoms. The molecule has 2 bridgehead atoms. The van der Waals surface area contributed by atoms with Crippen molar-refractivity contribution < 1.29 is 8.78 Å². The maximum Gasteiger partial charge on any atom is 0.191 e. The summed E-state index contributed by atoms with van der Waals surface area (Å²) in [5.41, 5.74) is 0.517. The Bertz CT molecular complexity index is 635. The molecule has 3 atom stereocenters. The molecule has 26 heavy (non-hydrogen) atoms. The third-order valence-electron chi connectivity index (χ3n) is 5.97. The predicted molar refractivity (Wildman–Crippen MR) is 101 cm³/mol. The lowest BCUT2D eigenvalue weighted by Crippen LogP contribution is -2.56. The summed E-state index contributed by atoms with van der Waals surface area (Å²) in [7, 11) is 4.00. The number of hydrogen-bond donors (Lipinski definition) is 2. The fourth-order valence-electron chi connectivity index (χ4n) is 4.38. The number of halogens is 2. The Labute approximate surface area is 155 Å². The van der Waals surface area contributed by atoms with E-state index in [1.807, 2.05) is 6.92 Å². The van der Waals surface area contributed by atoms with Gasteiger partial charge in [-0.1, -0.05) is 19.4 Å². The van der Waals surface area contributed by atoms with Gasteiger partial charge in [-0.3, -0.25) is 4.99 Å². The van der Waals surface area contributed by atoms with Crippen LogP contribution < -0.4 is 10.6 Å². The first kappa shape index (κ1) is 19.1. The van der Waals surface area contributed by atoms with E-state index < -0.39 is 11.6 Å². The number of fused-ring (bicyclic) bond motifs is 2. The molecule has 0 radical (unpaired) electrons. The van der Waals surface area contributed by atoms with Gasteiger partial charge in [0.2, 0.25) is 0 Å². The number of guanidine groups is 1. The minimum atomic E-state index is -0.545. The fourth-order valence-corrected chi connectivity index (χ4v) is 4.38. The van der Waals surface area contributed by atoms with Crippen LogP contribution in [0.1, 0.15) is 50.5 Å². The van der Waals surface area contributed by atoms with E-state index in [0.29, 0.717) is 30.2 Å². The zero-order chi connectivity index (χ0) is 18.7. The van der Waals surface area contributed by atoms with Crippen LogP contribution in [0.3, 0.4) is 0 Å². The van der Waals surface area contributed by atoms with E-state index in [1.54, 1.807) is 7.05 Å². The average Bonchev–Trinajstić information content (AvgIpc) is 2.59. The molecule has 3 unspecified atom stereocenters. The molecule has 2 aliphatic heterocycles. The third kappa shape index (κ3) is 4.34. The minimum absolute atomic E-state index is 0.0778. The molecule has 2 fully saturated rings. The van der Waals surface area contributed by atoms with Crippen molar-refractivity contribution in [3.8, 4) is 0 Å². The lowest BCUT2D eigenvalue weighted by atomic mass is 9.82. The van der Waals surface area contributed by atoms with Crippen LogP contribution in [0.4, 0.5) is 8.78 Å². The van der Waals surface area contributed by atoms with Gasteiger partial charge >= 0.3 is 0 Å². The Morgan fingerprint density at radius 3 is 2.58 bits per heavy atom. The Kier molecular flexibility index (Phi) is 6.12. The maximum absolute atomic E-state index is 13.9. The predicted octanol–water partition coefficient (Wildman–Crippen LogP) is 3.25. The second-order valence-corrected chi connectivity index (χ2v) is 7.74. The van der Waals surface area contributed by atoms with Crippen LogP contribution in [0.15, 0.2) is 23.2 Å². The molecule has 4 nitrogen and oxygen atoms in total. The van der Waals surface area contributed by atoms with Crippen molar-refractivity contribution in [2.24, 2.45) is 4.99 Å². The molecule has 2 N–H and O–H groups in total. The van der Waals surface area contributed by atoms with Crippen LogP contribution in [-0.2, 0) is 0 Å². The molecule has 0 amide bonds. The van der Waals surface area contributed by atoms with Crippen LogP contribution >= 0.6 is 0 Å². The highest BCUT2D eigenvalue weighted by Gasteiger charge is 2.36. The normalized spacial score (nSPS) is 27.9. The average molecular weight is 364 g/mol. The van der Waals surface area contributed by atoms with Gasteiger partial charge in [-0.05, 0) is 44.4 Å². The van der Waals surface area contributed by atoms with Gasteiger partial charge in [-0.15, -0.1) is 0 Å². The molecular weight excluding hydrogens is 334 g/mol. The van der Waals surface area contributed by atoms with E-state index in [1.165, 1.54) is 31.4 Å². The quantitative estimate of drug-likeness (QED) is 0.636. The van der Waals surface area contributed by atoms with Crippen molar-refractivity contribution in [3.63, 3.8) is 0 Å². The van der Waals surface area contributed by atoms with Crippen LogP contribution in [0.25, 0.3) is 0 Å². The summed E-state index contributed by atoms with van der Waals surface area (Å²) in [6.45, 7) is 2.47. The van der Waals surface area contributed by atoms with Crippen LogP contribution in [0.2, 0.25) is 0 Å². The SMILES string of the molecule is CN=C(NCC(C)c1ccc(F)cc1F)NC1CC2CCCC(C1)N2C. The van der Waals surface area contributed by atoms with Crippen LogP contribution in [0, 0.1) is 11.6 Å². The number of rotatable bonds is 4. The number of benzene rings is 1. The monoisotopic (exact) mass is 364 g/mol. The number of nitrogens with zero attached hydrogens (tertiary/aromatic N) is 2. The number of aliphatic imine (C=N–C) groups is 1. The Morgan fingerprint density at radius 2 is 1.96 bits per heavy atom. The summed E-state index contributed by atoms with van der Waals surface area (Å²) < 4.78 is 27.0. The smallest absolute Gasteiger partial charge is 0.191 e. The van der Waals surface area contributed by atoms with E-state index in [0.717, 1.165) is 24.9 Å². The van der Waals surface area contributed by atoms with E-state index in [2.05, 4.69) is 27.6 Å². The topological polar surface area (TPSA) is 39.7 Å². The Hall–Kier alpha value is -1.69. The van der Waals surface area contributed by atoms with E-state index >= 15 is 0 Å². The van der Waals surface area contributed by atoms with Gasteiger partial charge in [0, 0.05) is 43.7 Å². The van der Waals surface area contributed by atoms with Gasteiger partial charge in [-0.25, -0.2) is 8.78 Å². The minimum Gasteiger partial charge on any atom is -0.356 e. The van der Waals surface area contributed by atoms with Crippen molar-refractivity contribution in [2.45, 2.75) is 63.1 Å². The van der Waals surface area contributed by atoms with Crippen LogP contribution in [-0.4, -0.2) is 49.6 Å². The van der Waals surface area contributed by atoms with E-state index in [4.69, 9.17) is 0 Å². The summed E-state index contributed by atoms with van der Waals surface area (Å²) in [5.74, 6) is -0.361. The molecule has 0 saturated carbocycles. The lowest BCUT2D eigenvalue weighted by Gasteiger charge is -2.47. The third-order valence-corrected chi connectivity index (χ3v) is 5.97. The Morgan fingerprint density at radius 1 is 1.27 bits per heavy atom. The molecule has 2 saturated heterocycles. The molecule has 0 aromatic heterocycles. The highest BCUT2D eigenvalue weighted by atomic mass is 19.1. The highest BCUT2D eigenvalue weighted by molar-refractivity contribution is 5.80. The molecule has 6 heteroatoms. The van der Waals surface area contributed by atoms with Crippen molar-refractivity contribution in [1.29, 1.82) is 0 Å². The van der Waals surface area contributed by atoms with Gasteiger partial charge in [0.15, 0.2) is 5.96 Å². The Balaban J connectivity index is 1.53. The van der Waals surface area contributed by atoms with E-state index in [-0.39, 0.29) is 5.92 Å². The van der Waals surface area contributed by atoms with Crippen molar-refractivity contribution in [3.05, 3.63) is 35.4 Å². The molecule has 3 rings (SSSR count). The maximum atomic E-state index is 13.9. The standard InChI is InChI=1S/C20H30F2N4/c1-13(18-8-7-14(21)9-19(18)22)12-24-20(23-2)25-15-10-16-5-4-6-17(11-15)26(16)3/h7-9,13,15-17H,4-6,10-12H2,1-3H3,(H2,23,24,25). The first-order valence-electron chi connectivity index (χ1n) is 9.62. The molecule has 0 aliphatic carbocycles. The summed E-state index contributed by atoms with van der Waals surface area (Å²) in [5, 5.41) is 6.84. The molecular formula is C20H30F2N4. The summed E-state index contributed by atoms with van der Waals surface area (Å²) >= 11 is 0. The van der Waals surface area contributed by atoms with Crippen molar-refractivity contribution in [2.75, 3.05) is 20.6 Å². The first-order chi connectivity index (χ1) is 12.5. The number of piperidine rings is 2. The second kappa shape index (κ2) is 8.33. The zero-order valence-electron chi connectivity index (χ0n) is 15.9. The van der Waals surface area contributed by atoms with Gasteiger partial charge < -0.3 is 15.5 Å². The second-order valence-electron chi connectivity index (χ2n) is 7.74. The fraction of sp³-hybridized carbons (Fsp3) is 0.650. The molecule has 1 aromatic carbocycles. The van der Waals surface area contributed by atoms with Gasteiger partial charge in [0.05, 0.1) is 0 Å². The largest absolute Gasteiger partial charge is 0.356 e. The summed E-state index contributed by atoms with van der Waals surface area (Å²) in [6.07, 6.45) is 6.15. The molecule has 144 valence electrons. The molecule has 2 heterocycles. The van der Waals surface area contributed by atoms with Crippen LogP contribution in [0.5, 0.6) is 0 Å². The summed E-state index contributed by atoms with van der Waals surface area (Å²) in [4.78, 5) is 6.86.